The molecule has 1 aliphatic carbocycles. The van der Waals surface area contributed by atoms with Crippen molar-refractivity contribution in [2.45, 2.75) is 5.41 Å². The summed E-state index contributed by atoms with van der Waals surface area (Å²) in [4.78, 5) is 15.0. The fourth-order valence-corrected chi connectivity index (χ4v) is 9.61. The predicted octanol–water partition coefficient (Wildman–Crippen LogP) is 13.8. The van der Waals surface area contributed by atoms with Crippen LogP contribution in [0.25, 0.3) is 78.2 Å². The summed E-state index contributed by atoms with van der Waals surface area (Å²) in [6, 6.07) is 72.9. The number of nitrogens with zero attached hydrogens (tertiary/aromatic N) is 3. The summed E-state index contributed by atoms with van der Waals surface area (Å²) in [7, 11) is 0. The Morgan fingerprint density at radius 2 is 0.867 bits per heavy atom. The molecule has 0 N–H and O–H groups in total. The second kappa shape index (κ2) is 13.6. The Labute approximate surface area is 348 Å². The van der Waals surface area contributed by atoms with E-state index in [4.69, 9.17) is 14.7 Å². The number of benzene rings is 8. The molecule has 3 heterocycles. The average molecular weight is 766 g/mol. The van der Waals surface area contributed by atoms with Crippen LogP contribution in [0.15, 0.2) is 212 Å². The Morgan fingerprint density at radius 1 is 0.350 bits per heavy atom. The molecule has 0 amide bonds. The molecule has 1 aliphatic heterocycles. The van der Waals surface area contributed by atoms with Gasteiger partial charge < -0.3 is 4.74 Å². The van der Waals surface area contributed by atoms with E-state index in [2.05, 4.69) is 181 Å². The second-order valence-electron chi connectivity index (χ2n) is 15.5. The van der Waals surface area contributed by atoms with Gasteiger partial charge in [0.2, 0.25) is 0 Å². The monoisotopic (exact) mass is 765 g/mol. The normalized spacial score (nSPS) is 12.9. The molecule has 0 radical (unpaired) electrons. The number of rotatable bonds is 5. The molecule has 2 aromatic heterocycles. The van der Waals surface area contributed by atoms with E-state index in [0.29, 0.717) is 5.82 Å². The van der Waals surface area contributed by atoms with Crippen molar-refractivity contribution in [2.75, 3.05) is 0 Å². The molecule has 10 aromatic rings. The van der Waals surface area contributed by atoms with Gasteiger partial charge in [-0.05, 0) is 63.2 Å². The molecule has 0 atom stereocenters. The van der Waals surface area contributed by atoms with E-state index in [1.165, 1.54) is 22.3 Å². The van der Waals surface area contributed by atoms with Gasteiger partial charge in [0.25, 0.3) is 0 Å². The lowest BCUT2D eigenvalue weighted by atomic mass is 9.65. The highest BCUT2D eigenvalue weighted by Gasteiger charge is 2.52. The molecule has 2 aliphatic rings. The first kappa shape index (κ1) is 34.1. The van der Waals surface area contributed by atoms with Gasteiger partial charge in [-0.15, -0.1) is 0 Å². The first-order valence-corrected chi connectivity index (χ1v) is 20.3. The Kier molecular flexibility index (Phi) is 7.72. The minimum atomic E-state index is -0.657. The molecule has 280 valence electrons. The van der Waals surface area contributed by atoms with Crippen LogP contribution >= 0.6 is 0 Å². The van der Waals surface area contributed by atoms with Crippen molar-refractivity contribution in [3.8, 4) is 78.8 Å². The lowest BCUT2D eigenvalue weighted by molar-refractivity contribution is 0.439. The number of hydrogen-bond donors (Lipinski definition) is 0. The van der Waals surface area contributed by atoms with E-state index in [1.54, 1.807) is 0 Å². The topological polar surface area (TPSA) is 47.9 Å². The summed E-state index contributed by atoms with van der Waals surface area (Å²) >= 11 is 0. The van der Waals surface area contributed by atoms with Gasteiger partial charge in [-0.1, -0.05) is 182 Å². The van der Waals surface area contributed by atoms with E-state index in [9.17, 15) is 0 Å². The van der Waals surface area contributed by atoms with Gasteiger partial charge >= 0.3 is 0 Å². The average Bonchev–Trinajstić information content (AvgIpc) is 3.62. The summed E-state index contributed by atoms with van der Waals surface area (Å²) in [5.41, 5.74) is 16.4. The zero-order valence-corrected chi connectivity index (χ0v) is 32.5. The van der Waals surface area contributed by atoms with Crippen LogP contribution in [-0.2, 0) is 5.41 Å². The van der Waals surface area contributed by atoms with E-state index in [0.717, 1.165) is 83.9 Å². The van der Waals surface area contributed by atoms with E-state index < -0.39 is 5.41 Å². The Morgan fingerprint density at radius 3 is 1.57 bits per heavy atom. The second-order valence-corrected chi connectivity index (χ2v) is 15.5. The summed E-state index contributed by atoms with van der Waals surface area (Å²) in [5, 5.41) is 1.13. The van der Waals surface area contributed by atoms with Crippen molar-refractivity contribution < 1.29 is 4.74 Å². The van der Waals surface area contributed by atoms with Gasteiger partial charge in [0.15, 0.2) is 5.82 Å². The van der Waals surface area contributed by atoms with Gasteiger partial charge in [0.1, 0.15) is 11.5 Å². The molecule has 60 heavy (non-hydrogen) atoms. The van der Waals surface area contributed by atoms with Gasteiger partial charge in [0.05, 0.1) is 22.3 Å². The lowest BCUT2D eigenvalue weighted by Crippen LogP contribution is -2.32. The van der Waals surface area contributed by atoms with E-state index in [1.807, 2.05) is 36.5 Å². The third-order valence-corrected chi connectivity index (χ3v) is 12.3. The van der Waals surface area contributed by atoms with Gasteiger partial charge in [-0.25, -0.2) is 9.97 Å². The Bertz CT molecular complexity index is 3180. The van der Waals surface area contributed by atoms with Crippen molar-refractivity contribution in [2.24, 2.45) is 0 Å². The summed E-state index contributed by atoms with van der Waals surface area (Å²) in [6.45, 7) is 0. The number of hydrogen-bond acceptors (Lipinski definition) is 4. The van der Waals surface area contributed by atoms with Crippen LogP contribution in [0.2, 0.25) is 0 Å². The van der Waals surface area contributed by atoms with Crippen LogP contribution in [-0.4, -0.2) is 15.0 Å². The molecule has 0 saturated carbocycles. The minimum Gasteiger partial charge on any atom is -0.455 e. The summed E-state index contributed by atoms with van der Waals surface area (Å²) < 4.78 is 7.46. The van der Waals surface area contributed by atoms with E-state index >= 15 is 0 Å². The number of pyridine rings is 1. The number of para-hydroxylation sites is 3. The molecular formula is C56H35N3O. The summed E-state index contributed by atoms with van der Waals surface area (Å²) in [5.74, 6) is 2.29. The largest absolute Gasteiger partial charge is 0.455 e. The van der Waals surface area contributed by atoms with Crippen molar-refractivity contribution >= 4 is 10.9 Å². The first-order valence-electron chi connectivity index (χ1n) is 20.3. The molecular weight excluding hydrogens is 731 g/mol. The van der Waals surface area contributed by atoms with Gasteiger partial charge in [-0.2, -0.15) is 0 Å². The Hall–Kier alpha value is -7.95. The standard InChI is InChI=1S/C56H35N3O/c1-3-15-38(16-4-1)51-35-52(59-55(58-51)39-17-5-2-6-18-39)45-23-14-27-49-54(45)60-53-41(37-31-29-36(30-32-37)40-33-34-57-50-28-12-9-21-44(40)50)22-13-26-48(53)56(49)46-24-10-7-19-42(46)43-20-8-11-25-47(43)56/h1-35H. The van der Waals surface area contributed by atoms with Gasteiger partial charge in [-0.3, -0.25) is 4.98 Å². The highest BCUT2D eigenvalue weighted by atomic mass is 16.5. The van der Waals surface area contributed by atoms with Crippen molar-refractivity contribution in [3.05, 3.63) is 235 Å². The third-order valence-electron chi connectivity index (χ3n) is 12.3. The molecule has 0 bridgehead atoms. The smallest absolute Gasteiger partial charge is 0.160 e. The van der Waals surface area contributed by atoms with E-state index in [-0.39, 0.29) is 0 Å². The molecule has 1 spiro atoms. The minimum absolute atomic E-state index is 0.657. The highest BCUT2D eigenvalue weighted by Crippen LogP contribution is 2.64. The van der Waals surface area contributed by atoms with Crippen LogP contribution in [0.5, 0.6) is 11.5 Å². The molecule has 0 fully saturated rings. The van der Waals surface area contributed by atoms with Crippen LogP contribution in [0, 0.1) is 0 Å². The number of ether oxygens (including phenoxy) is 1. The predicted molar refractivity (Wildman–Crippen MR) is 242 cm³/mol. The van der Waals surface area contributed by atoms with Crippen molar-refractivity contribution in [1.82, 2.24) is 15.0 Å². The maximum Gasteiger partial charge on any atom is 0.160 e. The van der Waals surface area contributed by atoms with Crippen molar-refractivity contribution in [1.29, 1.82) is 0 Å². The maximum atomic E-state index is 7.46. The fourth-order valence-electron chi connectivity index (χ4n) is 9.61. The third kappa shape index (κ3) is 5.14. The molecule has 12 rings (SSSR count). The lowest BCUT2D eigenvalue weighted by Gasteiger charge is -2.40. The van der Waals surface area contributed by atoms with Gasteiger partial charge in [0, 0.05) is 45.0 Å². The molecule has 8 aromatic carbocycles. The molecule has 0 unspecified atom stereocenters. The summed E-state index contributed by atoms with van der Waals surface area (Å²) in [6.07, 6.45) is 1.89. The van der Waals surface area contributed by atoms with Crippen LogP contribution in [0.3, 0.4) is 0 Å². The molecule has 4 nitrogen and oxygen atoms in total. The van der Waals surface area contributed by atoms with Crippen LogP contribution in [0.4, 0.5) is 0 Å². The molecule has 4 heteroatoms. The van der Waals surface area contributed by atoms with Crippen molar-refractivity contribution in [3.63, 3.8) is 0 Å². The Balaban J connectivity index is 1.11. The number of aromatic nitrogens is 3. The fraction of sp³-hybridized carbons (Fsp3) is 0.0179. The zero-order valence-electron chi connectivity index (χ0n) is 32.5. The first-order chi connectivity index (χ1) is 29.8. The number of fused-ring (bicyclic) bond motifs is 10. The SMILES string of the molecule is c1ccc(-c2cc(-c3cccc4c3Oc3c(-c5ccc(-c6ccnc7ccccc67)cc5)cccc3C43c4ccccc4-c4ccccc43)nc(-c3ccccc3)n2)cc1. The zero-order chi connectivity index (χ0) is 39.6. The van der Waals surface area contributed by atoms with Crippen LogP contribution in [0.1, 0.15) is 22.3 Å². The quantitative estimate of drug-likeness (QED) is 0.175. The van der Waals surface area contributed by atoms with Crippen LogP contribution < -0.4 is 4.74 Å². The maximum absolute atomic E-state index is 7.46. The molecule has 0 saturated heterocycles. The highest BCUT2D eigenvalue weighted by molar-refractivity contribution is 5.95.